The van der Waals surface area contributed by atoms with Gasteiger partial charge < -0.3 is 15.2 Å². The summed E-state index contributed by atoms with van der Waals surface area (Å²) < 4.78 is 1.93. The third-order valence-electron chi connectivity index (χ3n) is 4.74. The van der Waals surface area contributed by atoms with Gasteiger partial charge in [-0.15, -0.1) is 10.2 Å². The molecule has 1 atom stereocenters. The number of aryl methyl sites for hydroxylation is 1. The van der Waals surface area contributed by atoms with Gasteiger partial charge in [-0.2, -0.15) is 0 Å². The van der Waals surface area contributed by atoms with Gasteiger partial charge in [0.05, 0.1) is 11.8 Å². The van der Waals surface area contributed by atoms with Crippen LogP contribution in [0.5, 0.6) is 0 Å². The lowest BCUT2D eigenvalue weighted by atomic mass is 10.1. The molecule has 7 nitrogen and oxygen atoms in total. The van der Waals surface area contributed by atoms with Crippen LogP contribution in [0.2, 0.25) is 0 Å². The zero-order valence-electron chi connectivity index (χ0n) is 18.0. The second-order valence-electron chi connectivity index (χ2n) is 7.20. The van der Waals surface area contributed by atoms with Gasteiger partial charge in [-0.25, -0.2) is 0 Å². The molecule has 2 amide bonds. The molecule has 8 heteroatoms. The van der Waals surface area contributed by atoms with E-state index in [4.69, 9.17) is 0 Å². The molecule has 0 aliphatic rings. The van der Waals surface area contributed by atoms with Gasteiger partial charge in [-0.05, 0) is 38.5 Å². The number of thioether (sulfide) groups is 1. The van der Waals surface area contributed by atoms with Crippen molar-refractivity contribution in [3.8, 4) is 0 Å². The van der Waals surface area contributed by atoms with Crippen molar-refractivity contribution in [1.29, 1.82) is 0 Å². The lowest BCUT2D eigenvalue weighted by Gasteiger charge is -2.15. The van der Waals surface area contributed by atoms with Crippen molar-refractivity contribution in [1.82, 2.24) is 25.4 Å². The van der Waals surface area contributed by atoms with E-state index in [0.29, 0.717) is 29.6 Å². The molecule has 162 valence electrons. The molecule has 0 unspecified atom stereocenters. The average Bonchev–Trinajstić information content (AvgIpc) is 3.20. The van der Waals surface area contributed by atoms with Crippen LogP contribution in [0.3, 0.4) is 0 Å². The van der Waals surface area contributed by atoms with Crippen molar-refractivity contribution in [2.45, 2.75) is 45.1 Å². The van der Waals surface area contributed by atoms with Gasteiger partial charge in [-0.1, -0.05) is 59.8 Å². The van der Waals surface area contributed by atoms with Crippen molar-refractivity contribution < 1.29 is 9.59 Å². The molecule has 0 radical (unpaired) electrons. The number of aromatic nitrogens is 3. The minimum Gasteiger partial charge on any atom is -0.351 e. The Morgan fingerprint density at radius 3 is 2.58 bits per heavy atom. The number of benzene rings is 2. The molecule has 0 fully saturated rings. The first-order valence-corrected chi connectivity index (χ1v) is 11.2. The van der Waals surface area contributed by atoms with Crippen LogP contribution in [0.25, 0.3) is 0 Å². The Hall–Kier alpha value is -3.13. The highest BCUT2D eigenvalue weighted by molar-refractivity contribution is 7.99. The van der Waals surface area contributed by atoms with Crippen LogP contribution in [0.15, 0.2) is 59.8 Å². The summed E-state index contributed by atoms with van der Waals surface area (Å²) in [6.45, 7) is 6.95. The van der Waals surface area contributed by atoms with Crippen LogP contribution < -0.4 is 10.6 Å². The molecule has 2 N–H and O–H groups in total. The Balaban J connectivity index is 1.58. The molecule has 3 rings (SSSR count). The van der Waals surface area contributed by atoms with Gasteiger partial charge in [-0.3, -0.25) is 9.59 Å². The Morgan fingerprint density at radius 2 is 1.87 bits per heavy atom. The van der Waals surface area contributed by atoms with Crippen LogP contribution in [0.1, 0.15) is 47.2 Å². The van der Waals surface area contributed by atoms with Crippen LogP contribution in [-0.2, 0) is 17.9 Å². The highest BCUT2D eigenvalue weighted by Crippen LogP contribution is 2.21. The summed E-state index contributed by atoms with van der Waals surface area (Å²) in [4.78, 5) is 24.8. The summed E-state index contributed by atoms with van der Waals surface area (Å²) >= 11 is 1.33. The smallest absolute Gasteiger partial charge is 0.251 e. The summed E-state index contributed by atoms with van der Waals surface area (Å²) in [5, 5.41) is 15.1. The summed E-state index contributed by atoms with van der Waals surface area (Å²) in [6, 6.07) is 16.9. The maximum atomic E-state index is 12.6. The maximum Gasteiger partial charge on any atom is 0.251 e. The predicted octanol–water partition coefficient (Wildman–Crippen LogP) is 3.51. The highest BCUT2D eigenvalue weighted by atomic mass is 32.2. The first-order chi connectivity index (χ1) is 15.0. The van der Waals surface area contributed by atoms with Crippen LogP contribution in [-0.4, -0.2) is 32.3 Å². The van der Waals surface area contributed by atoms with Gasteiger partial charge in [0, 0.05) is 18.7 Å². The zero-order valence-corrected chi connectivity index (χ0v) is 18.8. The van der Waals surface area contributed by atoms with E-state index in [1.807, 2.05) is 73.9 Å². The van der Waals surface area contributed by atoms with Gasteiger partial charge in [0.15, 0.2) is 11.0 Å². The average molecular weight is 438 g/mol. The predicted molar refractivity (Wildman–Crippen MR) is 122 cm³/mol. The number of hydrogen-bond acceptors (Lipinski definition) is 5. The Labute approximate surface area is 186 Å². The molecule has 0 saturated carbocycles. The maximum absolute atomic E-state index is 12.6. The normalized spacial score (nSPS) is 11.7. The summed E-state index contributed by atoms with van der Waals surface area (Å²) in [5.41, 5.74) is 2.69. The van der Waals surface area contributed by atoms with Gasteiger partial charge in [0.25, 0.3) is 5.91 Å². The number of carbonyl (C=O) groups is 2. The molecule has 31 heavy (non-hydrogen) atoms. The summed E-state index contributed by atoms with van der Waals surface area (Å²) in [7, 11) is 0. The minimum atomic E-state index is -0.318. The molecule has 0 spiro atoms. The topological polar surface area (TPSA) is 88.9 Å². The van der Waals surface area contributed by atoms with E-state index >= 15 is 0 Å². The monoisotopic (exact) mass is 437 g/mol. The van der Waals surface area contributed by atoms with E-state index in [1.165, 1.54) is 11.8 Å². The number of hydrogen-bond donors (Lipinski definition) is 2. The van der Waals surface area contributed by atoms with E-state index in [1.54, 1.807) is 6.07 Å². The number of carbonyl (C=O) groups excluding carboxylic acids is 2. The van der Waals surface area contributed by atoms with Crippen molar-refractivity contribution in [2.75, 3.05) is 5.75 Å². The quantitative estimate of drug-likeness (QED) is 0.500. The molecule has 0 saturated heterocycles. The number of rotatable bonds is 9. The van der Waals surface area contributed by atoms with Crippen LogP contribution in [0.4, 0.5) is 0 Å². The van der Waals surface area contributed by atoms with Crippen molar-refractivity contribution in [3.63, 3.8) is 0 Å². The molecular formula is C23H27N5O2S. The first-order valence-electron chi connectivity index (χ1n) is 10.2. The van der Waals surface area contributed by atoms with Gasteiger partial charge in [0.1, 0.15) is 0 Å². The Kier molecular flexibility index (Phi) is 7.83. The lowest BCUT2D eigenvalue weighted by Crippen LogP contribution is -2.29. The molecule has 0 aliphatic carbocycles. The largest absolute Gasteiger partial charge is 0.351 e. The molecular weight excluding hydrogens is 410 g/mol. The third kappa shape index (κ3) is 6.18. The molecule has 0 bridgehead atoms. The van der Waals surface area contributed by atoms with Crippen molar-refractivity contribution in [2.24, 2.45) is 0 Å². The van der Waals surface area contributed by atoms with E-state index in [-0.39, 0.29) is 23.6 Å². The summed E-state index contributed by atoms with van der Waals surface area (Å²) in [6.07, 6.45) is 0. The van der Waals surface area contributed by atoms with E-state index in [9.17, 15) is 9.59 Å². The zero-order chi connectivity index (χ0) is 22.2. The van der Waals surface area contributed by atoms with Crippen molar-refractivity contribution in [3.05, 3.63) is 77.1 Å². The van der Waals surface area contributed by atoms with E-state index < -0.39 is 0 Å². The van der Waals surface area contributed by atoms with Crippen molar-refractivity contribution >= 4 is 23.6 Å². The third-order valence-corrected chi connectivity index (χ3v) is 5.71. The molecule has 1 aromatic heterocycles. The first kappa shape index (κ1) is 22.6. The van der Waals surface area contributed by atoms with Gasteiger partial charge >= 0.3 is 0 Å². The minimum absolute atomic E-state index is 0.0677. The fourth-order valence-electron chi connectivity index (χ4n) is 3.13. The van der Waals surface area contributed by atoms with Gasteiger partial charge in [0.2, 0.25) is 5.91 Å². The summed E-state index contributed by atoms with van der Waals surface area (Å²) in [5.74, 6) is 0.684. The number of nitrogens with zero attached hydrogens (tertiary/aromatic N) is 3. The van der Waals surface area contributed by atoms with E-state index in [2.05, 4.69) is 20.8 Å². The second-order valence-corrected chi connectivity index (χ2v) is 8.14. The molecule has 0 aliphatic heterocycles. The van der Waals surface area contributed by atoms with Crippen LogP contribution in [0, 0.1) is 6.92 Å². The molecule has 3 aromatic rings. The fraction of sp³-hybridized carbons (Fsp3) is 0.304. The SMILES string of the molecule is CCn1c(SCC(=O)NCc2ccccc2)nnc1[C@H](C)NC(=O)c1cccc(C)c1. The van der Waals surface area contributed by atoms with E-state index in [0.717, 1.165) is 11.1 Å². The Morgan fingerprint density at radius 1 is 1.10 bits per heavy atom. The fourth-order valence-corrected chi connectivity index (χ4v) is 3.97. The number of nitrogens with one attached hydrogen (secondary N) is 2. The Bertz CT molecular complexity index is 1040. The second kappa shape index (κ2) is 10.8. The molecule has 1 heterocycles. The van der Waals surface area contributed by atoms with Crippen LogP contribution >= 0.6 is 11.8 Å². The lowest BCUT2D eigenvalue weighted by molar-refractivity contribution is -0.118. The number of amides is 2. The molecule has 2 aromatic carbocycles. The standard InChI is InChI=1S/C23H27N5O2S/c1-4-28-21(17(3)25-22(30)19-12-8-9-16(2)13-19)26-27-23(28)31-15-20(29)24-14-18-10-6-5-7-11-18/h5-13,17H,4,14-15H2,1-3H3,(H,24,29)(H,25,30)/t17-/m0/s1. The highest BCUT2D eigenvalue weighted by Gasteiger charge is 2.20.